The van der Waals surface area contributed by atoms with Gasteiger partial charge in [-0.1, -0.05) is 33.8 Å². The van der Waals surface area contributed by atoms with E-state index in [2.05, 4.69) is 33.2 Å². The van der Waals surface area contributed by atoms with Crippen molar-refractivity contribution in [2.45, 2.75) is 18.9 Å². The molecule has 4 nitrogen and oxygen atoms in total. The molecule has 0 fully saturated rings. The van der Waals surface area contributed by atoms with Crippen molar-refractivity contribution >= 4 is 68.2 Å². The minimum Gasteiger partial charge on any atom is -0.379 e. The quantitative estimate of drug-likeness (QED) is 0.708. The van der Waals surface area contributed by atoms with Gasteiger partial charge in [0.15, 0.2) is 5.17 Å². The molecule has 1 aliphatic rings. The van der Waals surface area contributed by atoms with E-state index >= 15 is 0 Å². The van der Waals surface area contributed by atoms with Gasteiger partial charge < -0.3 is 11.1 Å². The zero-order chi connectivity index (χ0) is 16.4. The number of carbonyl (C=O) groups excluding carboxylic acids is 1. The molecule has 24 heavy (non-hydrogen) atoms. The monoisotopic (exact) mass is 445 g/mol. The molecule has 1 unspecified atom stereocenters. The lowest BCUT2D eigenvalue weighted by molar-refractivity contribution is 0.103. The van der Waals surface area contributed by atoms with Crippen LogP contribution in [0.5, 0.6) is 0 Å². The number of anilines is 1. The summed E-state index contributed by atoms with van der Waals surface area (Å²) in [5.74, 6) is 0.839. The Labute approximate surface area is 163 Å². The summed E-state index contributed by atoms with van der Waals surface area (Å²) in [6, 6.07) is 9.58. The first-order chi connectivity index (χ1) is 11.0. The van der Waals surface area contributed by atoms with Gasteiger partial charge in [0.1, 0.15) is 0 Å². The van der Waals surface area contributed by atoms with E-state index in [0.29, 0.717) is 10.0 Å². The molecule has 3 rings (SSSR count). The average molecular weight is 447 g/mol. The molecular formula is C16H17BrClN3OS2. The number of benzene rings is 1. The lowest BCUT2D eigenvalue weighted by Crippen LogP contribution is -2.29. The molecule has 0 aliphatic carbocycles. The van der Waals surface area contributed by atoms with Crippen LogP contribution in [0, 0.1) is 0 Å². The van der Waals surface area contributed by atoms with Crippen molar-refractivity contribution in [2.24, 2.45) is 10.7 Å². The second-order valence-corrected chi connectivity index (χ2v) is 8.46. The Bertz CT molecular complexity index is 767. The Balaban J connectivity index is 0.00000208. The van der Waals surface area contributed by atoms with E-state index < -0.39 is 0 Å². The number of hydrogen-bond donors (Lipinski definition) is 2. The van der Waals surface area contributed by atoms with Crippen LogP contribution in [0.1, 0.15) is 28.6 Å². The Morgan fingerprint density at radius 1 is 1.42 bits per heavy atom. The predicted octanol–water partition coefficient (Wildman–Crippen LogP) is 4.85. The molecule has 2 aromatic rings. The van der Waals surface area contributed by atoms with E-state index in [4.69, 9.17) is 5.73 Å². The van der Waals surface area contributed by atoms with Crippen molar-refractivity contribution in [2.75, 3.05) is 11.1 Å². The molecule has 0 radical (unpaired) electrons. The fourth-order valence-electron chi connectivity index (χ4n) is 2.47. The van der Waals surface area contributed by atoms with Crippen LogP contribution in [-0.2, 0) is 5.54 Å². The van der Waals surface area contributed by atoms with Crippen molar-refractivity contribution in [3.63, 3.8) is 0 Å². The number of aliphatic imine (C=N–C) groups is 1. The summed E-state index contributed by atoms with van der Waals surface area (Å²) in [6.45, 7) is 2.08. The maximum Gasteiger partial charge on any atom is 0.265 e. The third-order valence-corrected chi connectivity index (χ3v) is 5.84. The summed E-state index contributed by atoms with van der Waals surface area (Å²) in [6.07, 6.45) is 0.910. The first-order valence-electron chi connectivity index (χ1n) is 7.10. The molecule has 8 heteroatoms. The third-order valence-electron chi connectivity index (χ3n) is 3.72. The van der Waals surface area contributed by atoms with Crippen LogP contribution >= 0.6 is 51.4 Å². The van der Waals surface area contributed by atoms with Gasteiger partial charge in [-0.15, -0.1) is 23.7 Å². The molecule has 1 aliphatic heterocycles. The summed E-state index contributed by atoms with van der Waals surface area (Å²) < 4.78 is 0.907. The van der Waals surface area contributed by atoms with Gasteiger partial charge in [0.2, 0.25) is 0 Å². The van der Waals surface area contributed by atoms with E-state index in [1.165, 1.54) is 11.3 Å². The number of nitrogens with one attached hydrogen (secondary N) is 1. The molecule has 1 amide bonds. The Morgan fingerprint density at radius 3 is 2.88 bits per heavy atom. The third kappa shape index (κ3) is 4.33. The minimum atomic E-state index is -0.360. The molecule has 0 saturated carbocycles. The van der Waals surface area contributed by atoms with Crippen LogP contribution in [0.4, 0.5) is 5.69 Å². The minimum absolute atomic E-state index is 0. The first-order valence-corrected chi connectivity index (χ1v) is 9.76. The maximum atomic E-state index is 12.2. The van der Waals surface area contributed by atoms with E-state index in [0.717, 1.165) is 27.9 Å². The van der Waals surface area contributed by atoms with Gasteiger partial charge in [-0.05, 0) is 48.6 Å². The largest absolute Gasteiger partial charge is 0.379 e. The van der Waals surface area contributed by atoms with Crippen LogP contribution in [0.15, 0.2) is 45.2 Å². The van der Waals surface area contributed by atoms with Crippen LogP contribution in [0.2, 0.25) is 0 Å². The van der Waals surface area contributed by atoms with Crippen LogP contribution in [0.25, 0.3) is 0 Å². The number of rotatable bonds is 3. The van der Waals surface area contributed by atoms with Gasteiger partial charge in [0, 0.05) is 15.9 Å². The van der Waals surface area contributed by atoms with Gasteiger partial charge in [0.05, 0.1) is 10.4 Å². The summed E-state index contributed by atoms with van der Waals surface area (Å²) >= 11 is 6.53. The van der Waals surface area contributed by atoms with Gasteiger partial charge in [-0.3, -0.25) is 9.79 Å². The standard InChI is InChI=1S/C16H16BrN3OS2.ClH/c1-16(4-6-23-15(18)20-16)10-7-11(17)9-12(8-10)19-14(21)13-3-2-5-22-13;/h2-3,5,7-9H,4,6H2,1H3,(H2,18,20)(H,19,21);1H. The van der Waals surface area contributed by atoms with Crippen molar-refractivity contribution < 1.29 is 4.79 Å². The number of nitrogens with zero attached hydrogens (tertiary/aromatic N) is 1. The Morgan fingerprint density at radius 2 is 2.21 bits per heavy atom. The topological polar surface area (TPSA) is 67.5 Å². The highest BCUT2D eigenvalue weighted by atomic mass is 79.9. The van der Waals surface area contributed by atoms with E-state index in [9.17, 15) is 4.79 Å². The SMILES string of the molecule is CC1(c2cc(Br)cc(NC(=O)c3cccs3)c2)CCSC(N)=N1.Cl. The van der Waals surface area contributed by atoms with Gasteiger partial charge in [0.25, 0.3) is 5.91 Å². The molecule has 128 valence electrons. The first kappa shape index (κ1) is 19.3. The Kier molecular flexibility index (Phi) is 6.36. The fourth-order valence-corrected chi connectivity index (χ4v) is 4.55. The lowest BCUT2D eigenvalue weighted by Gasteiger charge is -2.30. The predicted molar refractivity (Wildman–Crippen MR) is 110 cm³/mol. The number of thioether (sulfide) groups is 1. The molecule has 0 spiro atoms. The molecule has 1 aromatic carbocycles. The van der Waals surface area contributed by atoms with Crippen molar-refractivity contribution in [1.82, 2.24) is 0 Å². The number of nitrogens with two attached hydrogens (primary N) is 1. The van der Waals surface area contributed by atoms with Crippen molar-refractivity contribution in [3.8, 4) is 0 Å². The van der Waals surface area contributed by atoms with Crippen LogP contribution in [0.3, 0.4) is 0 Å². The second-order valence-electron chi connectivity index (χ2n) is 5.48. The van der Waals surface area contributed by atoms with E-state index in [-0.39, 0.29) is 23.9 Å². The highest BCUT2D eigenvalue weighted by Crippen LogP contribution is 2.37. The molecule has 2 heterocycles. The highest BCUT2D eigenvalue weighted by molar-refractivity contribution is 9.10. The van der Waals surface area contributed by atoms with E-state index in [1.807, 2.05) is 35.7 Å². The number of halogens is 2. The summed E-state index contributed by atoms with van der Waals surface area (Å²) in [5.41, 5.74) is 7.33. The van der Waals surface area contributed by atoms with Crippen molar-refractivity contribution in [1.29, 1.82) is 0 Å². The molecule has 0 bridgehead atoms. The van der Waals surface area contributed by atoms with Gasteiger partial charge >= 0.3 is 0 Å². The number of amides is 1. The summed E-state index contributed by atoms with van der Waals surface area (Å²) in [7, 11) is 0. The fraction of sp³-hybridized carbons (Fsp3) is 0.250. The molecule has 3 N–H and O–H groups in total. The summed E-state index contributed by atoms with van der Waals surface area (Å²) in [4.78, 5) is 17.5. The zero-order valence-electron chi connectivity index (χ0n) is 12.9. The zero-order valence-corrected chi connectivity index (χ0v) is 16.9. The van der Waals surface area contributed by atoms with Gasteiger partial charge in [-0.2, -0.15) is 0 Å². The van der Waals surface area contributed by atoms with E-state index in [1.54, 1.807) is 11.8 Å². The number of amidine groups is 1. The summed E-state index contributed by atoms with van der Waals surface area (Å²) in [5, 5.41) is 5.45. The van der Waals surface area contributed by atoms with Crippen molar-refractivity contribution in [3.05, 3.63) is 50.6 Å². The number of hydrogen-bond acceptors (Lipinski definition) is 5. The highest BCUT2D eigenvalue weighted by Gasteiger charge is 2.30. The lowest BCUT2D eigenvalue weighted by atomic mass is 9.89. The smallest absolute Gasteiger partial charge is 0.265 e. The molecule has 1 atom stereocenters. The average Bonchev–Trinajstić information content (AvgIpc) is 3.00. The number of thiophene rings is 1. The Hall–Kier alpha value is -1.02. The normalized spacial score (nSPS) is 20.0. The molecular weight excluding hydrogens is 430 g/mol. The van der Waals surface area contributed by atoms with Crippen LogP contribution < -0.4 is 11.1 Å². The molecule has 0 saturated heterocycles. The van der Waals surface area contributed by atoms with Gasteiger partial charge in [-0.25, -0.2) is 0 Å². The number of carbonyl (C=O) groups is 1. The molecule has 1 aromatic heterocycles. The van der Waals surface area contributed by atoms with Crippen LogP contribution in [-0.4, -0.2) is 16.8 Å². The maximum absolute atomic E-state index is 12.2. The second kappa shape index (κ2) is 7.91.